The Hall–Kier alpha value is 0.270. The van der Waals surface area contributed by atoms with Crippen LogP contribution in [0.2, 0.25) is 0 Å². The fourth-order valence-corrected chi connectivity index (χ4v) is 2.97. The average Bonchev–Trinajstić information content (AvgIpc) is 2.95. The Balaban J connectivity index is 2.54. The molecule has 1 rings (SSSR count). The summed E-state index contributed by atoms with van der Waals surface area (Å²) < 4.78 is 0. The van der Waals surface area contributed by atoms with E-state index in [2.05, 4.69) is 26.1 Å². The van der Waals surface area contributed by atoms with Crippen molar-refractivity contribution < 1.29 is 5.11 Å². The molecule has 0 spiro atoms. The Kier molecular flexibility index (Phi) is 4.74. The fourth-order valence-electron chi connectivity index (χ4n) is 1.99. The van der Waals surface area contributed by atoms with E-state index in [1.165, 1.54) is 12.8 Å². The van der Waals surface area contributed by atoms with E-state index in [4.69, 9.17) is 0 Å². The second-order valence-corrected chi connectivity index (χ2v) is 5.80. The van der Waals surface area contributed by atoms with E-state index in [9.17, 15) is 5.11 Å². The molecule has 0 radical (unpaired) electrons. The van der Waals surface area contributed by atoms with E-state index in [0.29, 0.717) is 12.0 Å². The average molecular weight is 217 g/mol. The lowest BCUT2D eigenvalue weighted by Gasteiger charge is -2.35. The fraction of sp³-hybridized carbons (Fsp3) is 1.00. The van der Waals surface area contributed by atoms with Crippen molar-refractivity contribution in [2.24, 2.45) is 5.92 Å². The van der Waals surface area contributed by atoms with Gasteiger partial charge < -0.3 is 10.4 Å². The van der Waals surface area contributed by atoms with Gasteiger partial charge in [0.05, 0.1) is 12.1 Å². The molecule has 0 aromatic carbocycles. The van der Waals surface area contributed by atoms with Crippen LogP contribution >= 0.6 is 11.8 Å². The molecule has 1 aliphatic rings. The van der Waals surface area contributed by atoms with Gasteiger partial charge in [0.2, 0.25) is 0 Å². The zero-order valence-electron chi connectivity index (χ0n) is 9.55. The minimum absolute atomic E-state index is 0.00512. The van der Waals surface area contributed by atoms with Gasteiger partial charge in [-0.1, -0.05) is 20.8 Å². The Bertz CT molecular complexity index is 171. The van der Waals surface area contributed by atoms with Crippen LogP contribution in [-0.2, 0) is 0 Å². The molecule has 1 fully saturated rings. The maximum atomic E-state index is 9.59. The Morgan fingerprint density at radius 1 is 1.50 bits per heavy atom. The first-order valence-electron chi connectivity index (χ1n) is 5.61. The van der Waals surface area contributed by atoms with Gasteiger partial charge in [-0.25, -0.2) is 0 Å². The summed E-state index contributed by atoms with van der Waals surface area (Å²) >= 11 is 1.93. The van der Waals surface area contributed by atoms with Gasteiger partial charge in [-0.2, -0.15) is 11.8 Å². The van der Waals surface area contributed by atoms with Crippen LogP contribution in [-0.4, -0.2) is 34.8 Å². The molecule has 0 aliphatic heterocycles. The van der Waals surface area contributed by atoms with Crippen molar-refractivity contribution in [2.45, 2.75) is 45.2 Å². The molecule has 2 N–H and O–H groups in total. The van der Waals surface area contributed by atoms with Crippen LogP contribution in [0.1, 0.15) is 33.6 Å². The van der Waals surface area contributed by atoms with Gasteiger partial charge in [0.15, 0.2) is 0 Å². The SMILES string of the molecule is CCSCC(CO)(NC(C)C)C1CC1. The minimum atomic E-state index is -0.00512. The third kappa shape index (κ3) is 3.14. The van der Waals surface area contributed by atoms with Gasteiger partial charge in [0.25, 0.3) is 0 Å². The van der Waals surface area contributed by atoms with Gasteiger partial charge in [0, 0.05) is 11.8 Å². The lowest BCUT2D eigenvalue weighted by Crippen LogP contribution is -2.55. The Morgan fingerprint density at radius 2 is 2.14 bits per heavy atom. The number of hydrogen-bond donors (Lipinski definition) is 2. The van der Waals surface area contributed by atoms with Gasteiger partial charge in [-0.3, -0.25) is 0 Å². The minimum Gasteiger partial charge on any atom is -0.394 e. The standard InChI is InChI=1S/C11H23NOS/c1-4-14-8-11(7-13,10-5-6-10)12-9(2)3/h9-10,12-13H,4-8H2,1-3H3. The van der Waals surface area contributed by atoms with Crippen LogP contribution < -0.4 is 5.32 Å². The first kappa shape index (κ1) is 12.3. The van der Waals surface area contributed by atoms with Gasteiger partial charge in [-0.05, 0) is 24.5 Å². The quantitative estimate of drug-likeness (QED) is 0.683. The highest BCUT2D eigenvalue weighted by molar-refractivity contribution is 7.99. The summed E-state index contributed by atoms with van der Waals surface area (Å²) in [5.41, 5.74) is -0.00512. The summed E-state index contributed by atoms with van der Waals surface area (Å²) in [6, 6.07) is 0.459. The second-order valence-electron chi connectivity index (χ2n) is 4.52. The normalized spacial score (nSPS) is 21.2. The number of hydrogen-bond acceptors (Lipinski definition) is 3. The van der Waals surface area contributed by atoms with E-state index in [0.717, 1.165) is 11.5 Å². The molecule has 84 valence electrons. The summed E-state index contributed by atoms with van der Waals surface area (Å²) in [5.74, 6) is 2.88. The first-order valence-corrected chi connectivity index (χ1v) is 6.76. The van der Waals surface area contributed by atoms with Crippen molar-refractivity contribution >= 4 is 11.8 Å². The topological polar surface area (TPSA) is 32.3 Å². The highest BCUT2D eigenvalue weighted by atomic mass is 32.2. The number of aliphatic hydroxyl groups is 1. The summed E-state index contributed by atoms with van der Waals surface area (Å²) in [6.45, 7) is 6.77. The molecular formula is C11H23NOS. The molecule has 1 aliphatic carbocycles. The molecule has 0 aromatic heterocycles. The van der Waals surface area contributed by atoms with E-state index < -0.39 is 0 Å². The Labute approximate surface area is 91.9 Å². The molecule has 0 saturated heterocycles. The van der Waals surface area contributed by atoms with Crippen molar-refractivity contribution in [1.82, 2.24) is 5.32 Å². The molecule has 2 nitrogen and oxygen atoms in total. The van der Waals surface area contributed by atoms with Gasteiger partial charge in [0.1, 0.15) is 0 Å². The molecule has 0 aromatic rings. The third-order valence-corrected chi connectivity index (χ3v) is 3.91. The van der Waals surface area contributed by atoms with Gasteiger partial charge in [-0.15, -0.1) is 0 Å². The predicted molar refractivity (Wildman–Crippen MR) is 63.8 cm³/mol. The maximum Gasteiger partial charge on any atom is 0.0624 e. The summed E-state index contributed by atoms with van der Waals surface area (Å²) in [4.78, 5) is 0. The van der Waals surface area contributed by atoms with Crippen LogP contribution in [0, 0.1) is 5.92 Å². The largest absolute Gasteiger partial charge is 0.394 e. The second kappa shape index (κ2) is 5.38. The number of nitrogens with one attached hydrogen (secondary N) is 1. The molecule has 0 amide bonds. The number of rotatable bonds is 7. The molecular weight excluding hydrogens is 194 g/mol. The molecule has 1 atom stereocenters. The van der Waals surface area contributed by atoms with E-state index in [1.54, 1.807) is 0 Å². The summed E-state index contributed by atoms with van der Waals surface area (Å²) in [7, 11) is 0. The molecule has 1 saturated carbocycles. The molecule has 3 heteroatoms. The summed E-state index contributed by atoms with van der Waals surface area (Å²) in [5, 5.41) is 13.2. The Morgan fingerprint density at radius 3 is 2.50 bits per heavy atom. The van der Waals surface area contributed by atoms with Crippen molar-refractivity contribution in [3.63, 3.8) is 0 Å². The van der Waals surface area contributed by atoms with Crippen molar-refractivity contribution in [3.05, 3.63) is 0 Å². The smallest absolute Gasteiger partial charge is 0.0624 e. The molecule has 1 unspecified atom stereocenters. The van der Waals surface area contributed by atoms with Crippen LogP contribution in [0.4, 0.5) is 0 Å². The predicted octanol–water partition coefficient (Wildman–Crippen LogP) is 1.88. The number of aliphatic hydroxyl groups excluding tert-OH is 1. The van der Waals surface area contributed by atoms with E-state index >= 15 is 0 Å². The van der Waals surface area contributed by atoms with E-state index in [1.807, 2.05) is 11.8 Å². The first-order chi connectivity index (χ1) is 6.64. The van der Waals surface area contributed by atoms with Crippen LogP contribution in [0.25, 0.3) is 0 Å². The lowest BCUT2D eigenvalue weighted by molar-refractivity contribution is 0.150. The highest BCUT2D eigenvalue weighted by Crippen LogP contribution is 2.41. The third-order valence-electron chi connectivity index (χ3n) is 2.78. The monoisotopic (exact) mass is 217 g/mol. The summed E-state index contributed by atoms with van der Waals surface area (Å²) in [6.07, 6.45) is 2.56. The van der Waals surface area contributed by atoms with Crippen LogP contribution in [0.15, 0.2) is 0 Å². The lowest BCUT2D eigenvalue weighted by atomic mass is 9.95. The number of thioether (sulfide) groups is 1. The zero-order chi connectivity index (χ0) is 10.6. The van der Waals surface area contributed by atoms with Crippen LogP contribution in [0.3, 0.4) is 0 Å². The maximum absolute atomic E-state index is 9.59. The van der Waals surface area contributed by atoms with Crippen LogP contribution in [0.5, 0.6) is 0 Å². The molecule has 0 bridgehead atoms. The van der Waals surface area contributed by atoms with Crippen molar-refractivity contribution in [3.8, 4) is 0 Å². The van der Waals surface area contributed by atoms with Crippen molar-refractivity contribution in [2.75, 3.05) is 18.1 Å². The molecule has 14 heavy (non-hydrogen) atoms. The zero-order valence-corrected chi connectivity index (χ0v) is 10.4. The highest BCUT2D eigenvalue weighted by Gasteiger charge is 2.44. The van der Waals surface area contributed by atoms with Crippen molar-refractivity contribution in [1.29, 1.82) is 0 Å². The molecule has 0 heterocycles. The van der Waals surface area contributed by atoms with E-state index in [-0.39, 0.29) is 12.1 Å². The van der Waals surface area contributed by atoms with Gasteiger partial charge >= 0.3 is 0 Å².